The van der Waals surface area contributed by atoms with Gasteiger partial charge < -0.3 is 10.4 Å². The van der Waals surface area contributed by atoms with Crippen LogP contribution in [0.3, 0.4) is 0 Å². The average Bonchev–Trinajstić information content (AvgIpc) is 3.18. The van der Waals surface area contributed by atoms with Gasteiger partial charge in [-0.1, -0.05) is 43.3 Å². The molecule has 1 aromatic heterocycles. The first-order valence-corrected chi connectivity index (χ1v) is 12.6. The number of aliphatic hydroxyl groups excluding tert-OH is 1. The second-order valence-corrected chi connectivity index (χ2v) is 10.8. The summed E-state index contributed by atoms with van der Waals surface area (Å²) < 4.78 is 38.9. The Balaban J connectivity index is 1.21. The lowest BCUT2D eigenvalue weighted by atomic mass is 9.60. The van der Waals surface area contributed by atoms with E-state index in [4.69, 9.17) is 0 Å². The van der Waals surface area contributed by atoms with Gasteiger partial charge in [-0.25, -0.2) is 0 Å². The van der Waals surface area contributed by atoms with Gasteiger partial charge in [-0.3, -0.25) is 14.7 Å². The monoisotopic (exact) mass is 499 g/mol. The van der Waals surface area contributed by atoms with E-state index in [9.17, 15) is 23.1 Å². The van der Waals surface area contributed by atoms with Crippen LogP contribution >= 0.6 is 0 Å². The lowest BCUT2D eigenvalue weighted by molar-refractivity contribution is -0.155. The molecule has 1 unspecified atom stereocenters. The number of alkyl halides is 3. The van der Waals surface area contributed by atoms with Crippen LogP contribution in [0.5, 0.6) is 0 Å². The van der Waals surface area contributed by atoms with E-state index >= 15 is 0 Å². The standard InChI is InChI=1S/C28H32F3N3O2/c1-18-17-34(10-9-26(18)8-7-21-5-3-4-6-24(21)26)23-12-27(13-23,19(2)35)25(36)33-15-20-11-22(16-32-14-20)28(29,30)31/h3-8,11,14,16,18-19,23,35H,9-10,12-13,15,17H2,1-2H3,(H,33,36)/t18-,19?,23?,26-,27?/m0/s1. The number of nitrogens with zero attached hydrogens (tertiary/aromatic N) is 2. The van der Waals surface area contributed by atoms with E-state index in [0.29, 0.717) is 18.8 Å². The summed E-state index contributed by atoms with van der Waals surface area (Å²) in [5.74, 6) is 0.0929. The zero-order valence-corrected chi connectivity index (χ0v) is 20.6. The number of piperidine rings is 1. The fourth-order valence-electron chi connectivity index (χ4n) is 6.41. The maximum Gasteiger partial charge on any atom is 0.417 e. The van der Waals surface area contributed by atoms with Gasteiger partial charge in [0.2, 0.25) is 5.91 Å². The van der Waals surface area contributed by atoms with E-state index in [1.807, 2.05) is 0 Å². The summed E-state index contributed by atoms with van der Waals surface area (Å²) in [5, 5.41) is 13.3. The van der Waals surface area contributed by atoms with Gasteiger partial charge in [0.15, 0.2) is 0 Å². The first-order valence-electron chi connectivity index (χ1n) is 12.6. The van der Waals surface area contributed by atoms with Crippen molar-refractivity contribution in [2.24, 2.45) is 11.3 Å². The van der Waals surface area contributed by atoms with Crippen molar-refractivity contribution in [1.82, 2.24) is 15.2 Å². The Morgan fingerprint density at radius 3 is 2.72 bits per heavy atom. The quantitative estimate of drug-likeness (QED) is 0.634. The van der Waals surface area contributed by atoms with Crippen LogP contribution in [0.4, 0.5) is 13.2 Å². The number of benzene rings is 1. The fourth-order valence-corrected chi connectivity index (χ4v) is 6.41. The molecule has 0 radical (unpaired) electrons. The van der Waals surface area contributed by atoms with Crippen LogP contribution in [-0.2, 0) is 22.9 Å². The van der Waals surface area contributed by atoms with Crippen molar-refractivity contribution in [2.45, 2.75) is 63.4 Å². The molecule has 2 heterocycles. The second kappa shape index (κ2) is 8.99. The Labute approximate surface area is 209 Å². The molecule has 2 aliphatic carbocycles. The molecule has 2 N–H and O–H groups in total. The highest BCUT2D eigenvalue weighted by atomic mass is 19.4. The maximum atomic E-state index is 13.1. The fraction of sp³-hybridized carbons (Fsp3) is 0.500. The van der Waals surface area contributed by atoms with E-state index in [2.05, 4.69) is 58.5 Å². The van der Waals surface area contributed by atoms with Crippen molar-refractivity contribution >= 4 is 12.0 Å². The molecule has 2 aromatic rings. The van der Waals surface area contributed by atoms with Crippen LogP contribution in [-0.4, -0.2) is 46.1 Å². The third-order valence-electron chi connectivity index (χ3n) is 8.77. The Kier molecular flexibility index (Phi) is 6.24. The highest BCUT2D eigenvalue weighted by molar-refractivity contribution is 5.84. The molecular weight excluding hydrogens is 467 g/mol. The summed E-state index contributed by atoms with van der Waals surface area (Å²) in [6, 6.07) is 9.75. The molecule has 3 aliphatic rings. The number of aromatic nitrogens is 1. The number of amides is 1. The predicted molar refractivity (Wildman–Crippen MR) is 131 cm³/mol. The molecule has 1 aliphatic heterocycles. The van der Waals surface area contributed by atoms with E-state index in [1.165, 1.54) is 17.3 Å². The molecular formula is C28H32F3N3O2. The van der Waals surface area contributed by atoms with Crippen LogP contribution in [0.1, 0.15) is 55.4 Å². The van der Waals surface area contributed by atoms with E-state index in [-0.39, 0.29) is 29.5 Å². The Hall–Kier alpha value is -2.71. The van der Waals surface area contributed by atoms with Gasteiger partial charge in [-0.15, -0.1) is 0 Å². The normalized spacial score (nSPS) is 30.6. The second-order valence-electron chi connectivity index (χ2n) is 10.8. The minimum atomic E-state index is -4.49. The van der Waals surface area contributed by atoms with E-state index < -0.39 is 23.3 Å². The number of carbonyl (C=O) groups is 1. The summed E-state index contributed by atoms with van der Waals surface area (Å²) >= 11 is 0. The van der Waals surface area contributed by atoms with Crippen LogP contribution in [0.15, 0.2) is 48.8 Å². The van der Waals surface area contributed by atoms with Gasteiger partial charge in [0.05, 0.1) is 17.1 Å². The molecule has 1 spiro atoms. The minimum Gasteiger partial charge on any atom is -0.392 e. The molecule has 0 bridgehead atoms. The summed E-state index contributed by atoms with van der Waals surface area (Å²) in [6.07, 6.45) is 3.39. The summed E-state index contributed by atoms with van der Waals surface area (Å²) in [5.41, 5.74) is 1.23. The van der Waals surface area contributed by atoms with Gasteiger partial charge >= 0.3 is 6.18 Å². The molecule has 1 saturated carbocycles. The first kappa shape index (κ1) is 25.0. The number of carbonyl (C=O) groups excluding carboxylic acids is 1. The third-order valence-corrected chi connectivity index (χ3v) is 8.77. The van der Waals surface area contributed by atoms with Gasteiger partial charge in [0.25, 0.3) is 0 Å². The van der Waals surface area contributed by atoms with Gasteiger partial charge in [-0.05, 0) is 61.4 Å². The zero-order valence-electron chi connectivity index (χ0n) is 20.6. The van der Waals surface area contributed by atoms with Crippen LogP contribution in [0, 0.1) is 11.3 Å². The van der Waals surface area contributed by atoms with Crippen molar-refractivity contribution in [3.63, 3.8) is 0 Å². The van der Waals surface area contributed by atoms with Gasteiger partial charge in [-0.2, -0.15) is 13.2 Å². The third kappa shape index (κ3) is 4.14. The number of nitrogens with one attached hydrogen (secondary N) is 1. The first-order chi connectivity index (χ1) is 17.0. The smallest absolute Gasteiger partial charge is 0.392 e. The van der Waals surface area contributed by atoms with Crippen LogP contribution in [0.25, 0.3) is 6.08 Å². The number of likely N-dealkylation sites (tertiary alicyclic amines) is 1. The van der Waals surface area contributed by atoms with Crippen molar-refractivity contribution in [3.8, 4) is 0 Å². The topological polar surface area (TPSA) is 65.5 Å². The zero-order chi connectivity index (χ0) is 25.7. The van der Waals surface area contributed by atoms with Gasteiger partial charge in [0, 0.05) is 36.9 Å². The minimum absolute atomic E-state index is 0.0502. The Morgan fingerprint density at radius 2 is 2.03 bits per heavy atom. The molecule has 5 nitrogen and oxygen atoms in total. The number of rotatable bonds is 5. The molecule has 1 saturated heterocycles. The molecule has 1 aromatic carbocycles. The molecule has 8 heteroatoms. The molecule has 1 amide bonds. The number of halogens is 3. The number of pyridine rings is 1. The molecule has 192 valence electrons. The number of allylic oxidation sites excluding steroid dienone is 1. The van der Waals surface area contributed by atoms with Crippen molar-refractivity contribution in [1.29, 1.82) is 0 Å². The molecule has 3 atom stereocenters. The predicted octanol–water partition coefficient (Wildman–Crippen LogP) is 4.55. The summed E-state index contributed by atoms with van der Waals surface area (Å²) in [4.78, 5) is 19.2. The van der Waals surface area contributed by atoms with Crippen molar-refractivity contribution in [3.05, 3.63) is 71.1 Å². The maximum absolute atomic E-state index is 13.1. The van der Waals surface area contributed by atoms with Crippen molar-refractivity contribution < 1.29 is 23.1 Å². The average molecular weight is 500 g/mol. The summed E-state index contributed by atoms with van der Waals surface area (Å²) in [7, 11) is 0. The van der Waals surface area contributed by atoms with Crippen LogP contribution in [0.2, 0.25) is 0 Å². The molecule has 2 fully saturated rings. The Bertz CT molecular complexity index is 1170. The van der Waals surface area contributed by atoms with Crippen molar-refractivity contribution in [2.75, 3.05) is 13.1 Å². The number of hydrogen-bond acceptors (Lipinski definition) is 4. The highest BCUT2D eigenvalue weighted by Gasteiger charge is 2.56. The Morgan fingerprint density at radius 1 is 1.28 bits per heavy atom. The number of fused-ring (bicyclic) bond motifs is 2. The lowest BCUT2D eigenvalue weighted by Gasteiger charge is -2.55. The van der Waals surface area contributed by atoms with E-state index in [0.717, 1.165) is 31.8 Å². The summed E-state index contributed by atoms with van der Waals surface area (Å²) in [6.45, 7) is 5.67. The number of aliphatic hydroxyl groups is 1. The largest absolute Gasteiger partial charge is 0.417 e. The SMILES string of the molecule is CC(O)C1(C(=O)NCc2cncc(C(F)(F)F)c2)CC(N2CC[C@@]3(C=Cc4ccccc43)[C@@H](C)C2)C1. The van der Waals surface area contributed by atoms with Gasteiger partial charge in [0.1, 0.15) is 0 Å². The van der Waals surface area contributed by atoms with E-state index in [1.54, 1.807) is 6.92 Å². The molecule has 5 rings (SSSR count). The highest BCUT2D eigenvalue weighted by Crippen LogP contribution is 2.51. The lowest BCUT2D eigenvalue weighted by Crippen LogP contribution is -2.63. The number of hydrogen-bond donors (Lipinski definition) is 2. The van der Waals surface area contributed by atoms with Crippen LogP contribution < -0.4 is 5.32 Å². The molecule has 36 heavy (non-hydrogen) atoms.